The molecule has 1 aromatic heterocycles. The minimum absolute atomic E-state index is 0.399. The molecule has 12 heavy (non-hydrogen) atoms. The molecule has 1 aromatic rings. The lowest BCUT2D eigenvalue weighted by atomic mass is 10.5. The van der Waals surface area contributed by atoms with Gasteiger partial charge < -0.3 is 15.8 Å². The summed E-state index contributed by atoms with van der Waals surface area (Å²) in [5.41, 5.74) is 4.88. The van der Waals surface area contributed by atoms with Crippen LogP contribution in [0.25, 0.3) is 0 Å². The van der Waals surface area contributed by atoms with Crippen molar-refractivity contribution in [2.24, 2.45) is 5.73 Å². The van der Waals surface area contributed by atoms with Crippen LogP contribution < -0.4 is 15.8 Å². The van der Waals surface area contributed by atoms with Gasteiger partial charge in [0.1, 0.15) is 0 Å². The number of primary amides is 1. The highest BCUT2D eigenvalue weighted by Crippen LogP contribution is 2.15. The van der Waals surface area contributed by atoms with Gasteiger partial charge >= 0.3 is 6.03 Å². The van der Waals surface area contributed by atoms with Crippen molar-refractivity contribution in [3.8, 4) is 5.88 Å². The second-order valence-corrected chi connectivity index (χ2v) is 2.94. The first-order chi connectivity index (χ1) is 5.72. The van der Waals surface area contributed by atoms with Gasteiger partial charge in [0.25, 0.3) is 0 Å². The number of carbonyl (C=O) groups is 1. The number of rotatable bonds is 3. The summed E-state index contributed by atoms with van der Waals surface area (Å²) in [5, 5.41) is 2.45. The molecular weight excluding hydrogens is 178 g/mol. The number of nitrogens with two attached hydrogens (primary N) is 1. The van der Waals surface area contributed by atoms with E-state index in [1.807, 2.05) is 0 Å². The summed E-state index contributed by atoms with van der Waals surface area (Å²) in [6.07, 6.45) is 0. The standard InChI is InChI=1S/C6H9N3O2S/c1-11-5-2-4(12-9-5)3-8-6(7)10/h2H,3H2,1H3,(H3,7,8,10). The Labute approximate surface area is 73.7 Å². The van der Waals surface area contributed by atoms with Crippen molar-refractivity contribution in [3.05, 3.63) is 10.9 Å². The molecule has 0 spiro atoms. The Kier molecular flexibility index (Phi) is 2.87. The molecule has 0 unspecified atom stereocenters. The zero-order valence-electron chi connectivity index (χ0n) is 6.53. The van der Waals surface area contributed by atoms with Gasteiger partial charge in [-0.05, 0) is 11.5 Å². The first-order valence-corrected chi connectivity index (χ1v) is 4.02. The molecule has 0 aliphatic rings. The average molecular weight is 187 g/mol. The summed E-state index contributed by atoms with van der Waals surface area (Å²) < 4.78 is 8.80. The van der Waals surface area contributed by atoms with E-state index < -0.39 is 6.03 Å². The van der Waals surface area contributed by atoms with Gasteiger partial charge in [-0.15, -0.1) is 0 Å². The Bertz CT molecular complexity index is 274. The SMILES string of the molecule is COc1cc(CNC(N)=O)sn1. The molecular formula is C6H9N3O2S. The average Bonchev–Trinajstić information content (AvgIpc) is 2.48. The number of hydrogen-bond donors (Lipinski definition) is 2. The Morgan fingerprint density at radius 2 is 2.67 bits per heavy atom. The molecule has 2 amide bonds. The number of ether oxygens (including phenoxy) is 1. The molecule has 0 atom stereocenters. The molecule has 0 saturated carbocycles. The third-order valence-electron chi connectivity index (χ3n) is 1.18. The normalized spacial score (nSPS) is 9.42. The molecule has 0 aliphatic carbocycles. The summed E-state index contributed by atoms with van der Waals surface area (Å²) in [6, 6.07) is 1.21. The molecule has 6 heteroatoms. The number of amides is 2. The summed E-state index contributed by atoms with van der Waals surface area (Å²) in [4.78, 5) is 11.2. The maximum absolute atomic E-state index is 10.3. The lowest BCUT2D eigenvalue weighted by Gasteiger charge is -1.95. The maximum atomic E-state index is 10.3. The monoisotopic (exact) mass is 187 g/mol. The van der Waals surface area contributed by atoms with Crippen molar-refractivity contribution in [1.29, 1.82) is 0 Å². The highest BCUT2D eigenvalue weighted by Gasteiger charge is 2.01. The van der Waals surface area contributed by atoms with E-state index in [0.717, 1.165) is 4.88 Å². The van der Waals surface area contributed by atoms with Crippen LogP contribution in [0.2, 0.25) is 0 Å². The van der Waals surface area contributed by atoms with Crippen molar-refractivity contribution >= 4 is 17.6 Å². The van der Waals surface area contributed by atoms with Crippen molar-refractivity contribution in [1.82, 2.24) is 9.69 Å². The Morgan fingerprint density at radius 1 is 1.92 bits per heavy atom. The fourth-order valence-electron chi connectivity index (χ4n) is 0.648. The molecule has 0 saturated heterocycles. The number of nitrogens with zero attached hydrogens (tertiary/aromatic N) is 1. The van der Waals surface area contributed by atoms with Crippen LogP contribution >= 0.6 is 11.5 Å². The van der Waals surface area contributed by atoms with E-state index in [1.165, 1.54) is 11.5 Å². The second-order valence-electron chi connectivity index (χ2n) is 2.05. The quantitative estimate of drug-likeness (QED) is 0.715. The molecule has 0 aromatic carbocycles. The van der Waals surface area contributed by atoms with Gasteiger partial charge in [-0.2, -0.15) is 4.37 Å². The largest absolute Gasteiger partial charge is 0.480 e. The van der Waals surface area contributed by atoms with Crippen LogP contribution in [0.1, 0.15) is 4.88 Å². The number of hydrogen-bond acceptors (Lipinski definition) is 4. The number of carbonyl (C=O) groups excluding carboxylic acids is 1. The highest BCUT2D eigenvalue weighted by molar-refractivity contribution is 7.05. The highest BCUT2D eigenvalue weighted by atomic mass is 32.1. The van der Waals surface area contributed by atoms with Gasteiger partial charge in [0.15, 0.2) is 0 Å². The third-order valence-corrected chi connectivity index (χ3v) is 1.95. The van der Waals surface area contributed by atoms with Crippen LogP contribution in [0.5, 0.6) is 5.88 Å². The number of nitrogens with one attached hydrogen (secondary N) is 1. The number of methoxy groups -OCH3 is 1. The second kappa shape index (κ2) is 3.91. The number of aromatic nitrogens is 1. The summed E-state index contributed by atoms with van der Waals surface area (Å²) in [5.74, 6) is 0.557. The Balaban J connectivity index is 2.47. The van der Waals surface area contributed by atoms with Gasteiger partial charge in [0.2, 0.25) is 5.88 Å². The van der Waals surface area contributed by atoms with E-state index >= 15 is 0 Å². The van der Waals surface area contributed by atoms with Gasteiger partial charge in [-0.3, -0.25) is 0 Å². The molecule has 1 heterocycles. The molecule has 3 N–H and O–H groups in total. The van der Waals surface area contributed by atoms with E-state index in [2.05, 4.69) is 9.69 Å². The molecule has 0 radical (unpaired) electrons. The van der Waals surface area contributed by atoms with E-state index in [0.29, 0.717) is 12.4 Å². The van der Waals surface area contributed by atoms with Crippen LogP contribution in [-0.2, 0) is 6.54 Å². The molecule has 0 bridgehead atoms. The molecule has 66 valence electrons. The van der Waals surface area contributed by atoms with E-state index in [-0.39, 0.29) is 0 Å². The van der Waals surface area contributed by atoms with Crippen molar-refractivity contribution in [3.63, 3.8) is 0 Å². The van der Waals surface area contributed by atoms with Gasteiger partial charge in [0, 0.05) is 10.9 Å². The molecule has 5 nitrogen and oxygen atoms in total. The molecule has 0 aliphatic heterocycles. The Morgan fingerprint density at radius 3 is 3.17 bits per heavy atom. The third kappa shape index (κ3) is 2.39. The maximum Gasteiger partial charge on any atom is 0.312 e. The van der Waals surface area contributed by atoms with Gasteiger partial charge in [-0.25, -0.2) is 4.79 Å². The minimum Gasteiger partial charge on any atom is -0.480 e. The van der Waals surface area contributed by atoms with Gasteiger partial charge in [0.05, 0.1) is 13.7 Å². The van der Waals surface area contributed by atoms with Crippen molar-refractivity contribution in [2.45, 2.75) is 6.54 Å². The topological polar surface area (TPSA) is 77.2 Å². The smallest absolute Gasteiger partial charge is 0.312 e. The van der Waals surface area contributed by atoms with Crippen LogP contribution in [0.4, 0.5) is 4.79 Å². The first-order valence-electron chi connectivity index (χ1n) is 3.25. The predicted octanol–water partition coefficient (Wildman–Crippen LogP) is 0.320. The fourth-order valence-corrected chi connectivity index (χ4v) is 1.27. The lowest BCUT2D eigenvalue weighted by Crippen LogP contribution is -2.28. The van der Waals surface area contributed by atoms with Crippen molar-refractivity contribution in [2.75, 3.05) is 7.11 Å². The van der Waals surface area contributed by atoms with Crippen LogP contribution in [-0.4, -0.2) is 17.5 Å². The summed E-state index contributed by atoms with van der Waals surface area (Å²) in [7, 11) is 1.54. The van der Waals surface area contributed by atoms with E-state index in [1.54, 1.807) is 13.2 Å². The van der Waals surface area contributed by atoms with Gasteiger partial charge in [-0.1, -0.05) is 0 Å². The summed E-state index contributed by atoms with van der Waals surface area (Å²) in [6.45, 7) is 0.399. The lowest BCUT2D eigenvalue weighted by molar-refractivity contribution is 0.248. The van der Waals surface area contributed by atoms with Crippen LogP contribution in [0.3, 0.4) is 0 Å². The molecule has 0 fully saturated rings. The molecule has 1 rings (SSSR count). The van der Waals surface area contributed by atoms with Crippen LogP contribution in [0.15, 0.2) is 6.07 Å². The first kappa shape index (κ1) is 8.79. The number of urea groups is 1. The minimum atomic E-state index is -0.539. The van der Waals surface area contributed by atoms with Crippen LogP contribution in [0, 0.1) is 0 Å². The zero-order chi connectivity index (χ0) is 8.97. The fraction of sp³-hybridized carbons (Fsp3) is 0.333. The zero-order valence-corrected chi connectivity index (χ0v) is 7.35. The predicted molar refractivity (Wildman–Crippen MR) is 45.1 cm³/mol. The summed E-state index contributed by atoms with van der Waals surface area (Å²) >= 11 is 1.27. The Hall–Kier alpha value is -1.30. The van der Waals surface area contributed by atoms with E-state index in [9.17, 15) is 4.79 Å². The van der Waals surface area contributed by atoms with Crippen molar-refractivity contribution < 1.29 is 9.53 Å². The van der Waals surface area contributed by atoms with E-state index in [4.69, 9.17) is 10.5 Å².